The quantitative estimate of drug-likeness (QED) is 0.788. The van der Waals surface area contributed by atoms with E-state index in [9.17, 15) is 0 Å². The van der Waals surface area contributed by atoms with Crippen LogP contribution < -0.4 is 0 Å². The summed E-state index contributed by atoms with van der Waals surface area (Å²) in [5.41, 5.74) is 0.984. The summed E-state index contributed by atoms with van der Waals surface area (Å²) in [7, 11) is 0. The van der Waals surface area contributed by atoms with Gasteiger partial charge in [0.25, 0.3) is 0 Å². The van der Waals surface area contributed by atoms with E-state index in [-0.39, 0.29) is 5.60 Å². The second kappa shape index (κ2) is 7.96. The maximum absolute atomic E-state index is 6.36. The summed E-state index contributed by atoms with van der Waals surface area (Å²) in [6, 6.07) is 10.3. The molecule has 0 bridgehead atoms. The maximum Gasteiger partial charge on any atom is 0.0887 e. The molecule has 2 aromatic heterocycles. The first kappa shape index (κ1) is 17.2. The molecular formula is C20H26N2O2S. The summed E-state index contributed by atoms with van der Waals surface area (Å²) in [6.07, 6.45) is 5.42. The topological polar surface area (TPSA) is 34.6 Å². The lowest BCUT2D eigenvalue weighted by Crippen LogP contribution is -2.54. The van der Waals surface area contributed by atoms with E-state index in [4.69, 9.17) is 9.47 Å². The van der Waals surface area contributed by atoms with Gasteiger partial charge < -0.3 is 9.47 Å². The molecule has 1 aliphatic carbocycles. The second-order valence-corrected chi connectivity index (χ2v) is 8.16. The normalized spacial score (nSPS) is 27.1. The molecule has 1 aliphatic heterocycles. The van der Waals surface area contributed by atoms with Crippen molar-refractivity contribution in [2.45, 2.75) is 38.0 Å². The number of nitrogens with zero attached hydrogens (tertiary/aromatic N) is 2. The van der Waals surface area contributed by atoms with Gasteiger partial charge >= 0.3 is 0 Å². The Morgan fingerprint density at radius 3 is 3.16 bits per heavy atom. The van der Waals surface area contributed by atoms with Crippen LogP contribution in [0.5, 0.6) is 0 Å². The van der Waals surface area contributed by atoms with Crippen molar-refractivity contribution < 1.29 is 9.47 Å². The van der Waals surface area contributed by atoms with Crippen molar-refractivity contribution in [3.8, 4) is 0 Å². The highest BCUT2D eigenvalue weighted by Gasteiger charge is 2.46. The Morgan fingerprint density at radius 1 is 1.32 bits per heavy atom. The van der Waals surface area contributed by atoms with Crippen LogP contribution in [0.25, 0.3) is 0 Å². The predicted molar refractivity (Wildman–Crippen MR) is 99.5 cm³/mol. The summed E-state index contributed by atoms with van der Waals surface area (Å²) < 4.78 is 12.4. The van der Waals surface area contributed by atoms with E-state index >= 15 is 0 Å². The van der Waals surface area contributed by atoms with Crippen molar-refractivity contribution in [3.63, 3.8) is 0 Å². The molecule has 0 N–H and O–H groups in total. The molecule has 2 aromatic rings. The first-order valence-electron chi connectivity index (χ1n) is 9.20. The summed E-state index contributed by atoms with van der Waals surface area (Å²) in [6.45, 7) is 5.30. The summed E-state index contributed by atoms with van der Waals surface area (Å²) in [4.78, 5) is 8.34. The lowest BCUT2D eigenvalue weighted by molar-refractivity contribution is -0.144. The maximum atomic E-state index is 6.36. The fourth-order valence-corrected chi connectivity index (χ4v) is 4.92. The lowest BCUT2D eigenvalue weighted by Gasteiger charge is -2.44. The Balaban J connectivity index is 1.34. The SMILES string of the molecule is c1ccc(COC[C@H]2CCC[C@]23CN(Cc2cccs2)CCO3)nc1. The molecule has 2 aliphatic rings. The molecule has 134 valence electrons. The van der Waals surface area contributed by atoms with Gasteiger partial charge in [-0.3, -0.25) is 9.88 Å². The second-order valence-electron chi connectivity index (χ2n) is 7.13. The van der Waals surface area contributed by atoms with E-state index in [2.05, 4.69) is 27.4 Å². The van der Waals surface area contributed by atoms with Crippen LogP contribution >= 0.6 is 11.3 Å². The Bertz CT molecular complexity index is 649. The molecular weight excluding hydrogens is 332 g/mol. The van der Waals surface area contributed by atoms with Gasteiger partial charge in [-0.15, -0.1) is 11.3 Å². The van der Waals surface area contributed by atoms with Gasteiger partial charge in [0.15, 0.2) is 0 Å². The number of morpholine rings is 1. The van der Waals surface area contributed by atoms with Crippen LogP contribution in [-0.4, -0.2) is 41.8 Å². The molecule has 25 heavy (non-hydrogen) atoms. The van der Waals surface area contributed by atoms with E-state index in [0.29, 0.717) is 12.5 Å². The average molecular weight is 359 g/mol. The van der Waals surface area contributed by atoms with Crippen molar-refractivity contribution >= 4 is 11.3 Å². The largest absolute Gasteiger partial charge is 0.375 e. The van der Waals surface area contributed by atoms with Crippen LogP contribution in [0.2, 0.25) is 0 Å². The minimum Gasteiger partial charge on any atom is -0.375 e. The van der Waals surface area contributed by atoms with Gasteiger partial charge in [0.2, 0.25) is 0 Å². The molecule has 1 spiro atoms. The standard InChI is InChI=1S/C20H26N2O2S/c1-2-9-21-18(6-1)15-23-14-17-5-3-8-20(17)16-22(10-11-24-20)13-19-7-4-12-25-19/h1-2,4,6-7,9,12,17H,3,5,8,10-11,13-16H2/t17-,20+/m1/s1. The Hall–Kier alpha value is -1.27. The summed E-state index contributed by atoms with van der Waals surface area (Å²) >= 11 is 1.85. The van der Waals surface area contributed by atoms with E-state index < -0.39 is 0 Å². The van der Waals surface area contributed by atoms with Crippen LogP contribution in [0.15, 0.2) is 41.9 Å². The summed E-state index contributed by atoms with van der Waals surface area (Å²) in [5, 5.41) is 2.16. The van der Waals surface area contributed by atoms with E-state index in [1.54, 1.807) is 0 Å². The molecule has 2 fully saturated rings. The van der Waals surface area contributed by atoms with Crippen molar-refractivity contribution in [2.24, 2.45) is 5.92 Å². The summed E-state index contributed by atoms with van der Waals surface area (Å²) in [5.74, 6) is 0.488. The third-order valence-electron chi connectivity index (χ3n) is 5.44. The number of aromatic nitrogens is 1. The Kier molecular flexibility index (Phi) is 5.46. The van der Waals surface area contributed by atoms with Gasteiger partial charge in [0.1, 0.15) is 0 Å². The molecule has 5 heteroatoms. The average Bonchev–Trinajstić information content (AvgIpc) is 3.27. The lowest BCUT2D eigenvalue weighted by atomic mass is 9.89. The zero-order valence-electron chi connectivity index (χ0n) is 14.6. The molecule has 1 saturated carbocycles. The van der Waals surface area contributed by atoms with Gasteiger partial charge in [0, 0.05) is 36.6 Å². The fraction of sp³-hybridized carbons (Fsp3) is 0.550. The van der Waals surface area contributed by atoms with Crippen molar-refractivity contribution in [1.29, 1.82) is 0 Å². The molecule has 0 amide bonds. The monoisotopic (exact) mass is 358 g/mol. The van der Waals surface area contributed by atoms with Crippen molar-refractivity contribution in [3.05, 3.63) is 52.5 Å². The molecule has 3 heterocycles. The number of thiophene rings is 1. The molecule has 1 saturated heterocycles. The predicted octanol–water partition coefficient (Wildman–Crippen LogP) is 3.73. The molecule has 4 nitrogen and oxygen atoms in total. The fourth-order valence-electron chi connectivity index (χ4n) is 4.18. The molecule has 0 unspecified atom stereocenters. The van der Waals surface area contributed by atoms with Crippen molar-refractivity contribution in [2.75, 3.05) is 26.3 Å². The minimum atomic E-state index is -0.0143. The van der Waals surface area contributed by atoms with E-state index in [1.807, 2.05) is 35.7 Å². The third kappa shape index (κ3) is 4.11. The van der Waals surface area contributed by atoms with Crippen LogP contribution in [0.4, 0.5) is 0 Å². The first-order chi connectivity index (χ1) is 12.3. The molecule has 2 atom stereocenters. The number of hydrogen-bond acceptors (Lipinski definition) is 5. The highest BCUT2D eigenvalue weighted by Crippen LogP contribution is 2.41. The zero-order chi connectivity index (χ0) is 17.0. The smallest absolute Gasteiger partial charge is 0.0887 e. The number of pyridine rings is 1. The van der Waals surface area contributed by atoms with Crippen molar-refractivity contribution in [1.82, 2.24) is 9.88 Å². The van der Waals surface area contributed by atoms with Gasteiger partial charge in [-0.1, -0.05) is 18.6 Å². The van der Waals surface area contributed by atoms with Crippen LogP contribution in [0.1, 0.15) is 29.8 Å². The molecule has 0 radical (unpaired) electrons. The highest BCUT2D eigenvalue weighted by molar-refractivity contribution is 7.09. The van der Waals surface area contributed by atoms with Crippen LogP contribution in [-0.2, 0) is 22.6 Å². The minimum absolute atomic E-state index is 0.0143. The Labute approximate surface area is 153 Å². The van der Waals surface area contributed by atoms with Crippen LogP contribution in [0, 0.1) is 5.92 Å². The van der Waals surface area contributed by atoms with E-state index in [1.165, 1.54) is 17.7 Å². The van der Waals surface area contributed by atoms with Crippen LogP contribution in [0.3, 0.4) is 0 Å². The molecule has 0 aromatic carbocycles. The zero-order valence-corrected chi connectivity index (χ0v) is 15.4. The van der Waals surface area contributed by atoms with Gasteiger partial charge in [-0.2, -0.15) is 0 Å². The number of rotatable bonds is 6. The van der Waals surface area contributed by atoms with E-state index in [0.717, 1.165) is 45.0 Å². The third-order valence-corrected chi connectivity index (χ3v) is 6.30. The first-order valence-corrected chi connectivity index (χ1v) is 10.1. The Morgan fingerprint density at radius 2 is 2.32 bits per heavy atom. The van der Waals surface area contributed by atoms with Gasteiger partial charge in [0.05, 0.1) is 31.1 Å². The molecule has 4 rings (SSSR count). The van der Waals surface area contributed by atoms with Gasteiger partial charge in [-0.25, -0.2) is 0 Å². The van der Waals surface area contributed by atoms with Gasteiger partial charge in [-0.05, 0) is 36.4 Å². The highest BCUT2D eigenvalue weighted by atomic mass is 32.1. The number of hydrogen-bond donors (Lipinski definition) is 0. The number of ether oxygens (including phenoxy) is 2.